The molecule has 2 heterocycles. The van der Waals surface area contributed by atoms with E-state index in [4.69, 9.17) is 12.2 Å². The van der Waals surface area contributed by atoms with Gasteiger partial charge in [0.1, 0.15) is 11.5 Å². The van der Waals surface area contributed by atoms with E-state index in [0.717, 1.165) is 17.1 Å². The van der Waals surface area contributed by atoms with Crippen LogP contribution in [0, 0.1) is 13.8 Å². The Morgan fingerprint density at radius 3 is 2.44 bits per heavy atom. The summed E-state index contributed by atoms with van der Waals surface area (Å²) in [7, 11) is 1.84. The van der Waals surface area contributed by atoms with E-state index < -0.39 is 0 Å². The maximum atomic E-state index is 12.8. The molecule has 0 bridgehead atoms. The molecule has 6 nitrogen and oxygen atoms in total. The highest BCUT2D eigenvalue weighted by atomic mass is 32.1. The molecule has 0 unspecified atom stereocenters. The molecule has 0 saturated heterocycles. The molecule has 0 aliphatic rings. The SMILES string of the molecule is Cc1cccc(NC(=S)Nc2c(C)n(C)n(-c3ccccc3)c2=O)n1. The maximum absolute atomic E-state index is 12.8. The van der Waals surface area contributed by atoms with E-state index in [2.05, 4.69) is 15.6 Å². The van der Waals surface area contributed by atoms with Crippen LogP contribution in [0.15, 0.2) is 53.3 Å². The van der Waals surface area contributed by atoms with Crippen molar-refractivity contribution in [3.63, 3.8) is 0 Å². The number of aryl methyl sites for hydroxylation is 1. The van der Waals surface area contributed by atoms with Crippen molar-refractivity contribution in [2.75, 3.05) is 10.6 Å². The molecule has 3 aromatic rings. The average molecular weight is 353 g/mol. The first kappa shape index (κ1) is 16.9. The van der Waals surface area contributed by atoms with Crippen LogP contribution >= 0.6 is 12.2 Å². The molecule has 3 rings (SSSR count). The Morgan fingerprint density at radius 1 is 1.04 bits per heavy atom. The highest BCUT2D eigenvalue weighted by Gasteiger charge is 2.17. The predicted molar refractivity (Wildman–Crippen MR) is 105 cm³/mol. The van der Waals surface area contributed by atoms with E-state index in [0.29, 0.717) is 16.6 Å². The summed E-state index contributed by atoms with van der Waals surface area (Å²) in [6.07, 6.45) is 0. The average Bonchev–Trinajstić information content (AvgIpc) is 2.79. The number of nitrogens with one attached hydrogen (secondary N) is 2. The summed E-state index contributed by atoms with van der Waals surface area (Å²) in [5.74, 6) is 0.634. The highest BCUT2D eigenvalue weighted by molar-refractivity contribution is 7.80. The fraction of sp³-hybridized carbons (Fsp3) is 0.167. The fourth-order valence-electron chi connectivity index (χ4n) is 2.59. The summed E-state index contributed by atoms with van der Waals surface area (Å²) < 4.78 is 3.40. The van der Waals surface area contributed by atoms with Crippen LogP contribution in [0.4, 0.5) is 11.5 Å². The van der Waals surface area contributed by atoms with Crippen molar-refractivity contribution in [1.82, 2.24) is 14.3 Å². The summed E-state index contributed by atoms with van der Waals surface area (Å²) in [6.45, 7) is 3.78. The molecule has 0 aliphatic heterocycles. The third-order valence-corrected chi connectivity index (χ3v) is 4.13. The Morgan fingerprint density at radius 2 is 1.76 bits per heavy atom. The second-order valence-electron chi connectivity index (χ2n) is 5.68. The summed E-state index contributed by atoms with van der Waals surface area (Å²) in [5.41, 5.74) is 2.75. The van der Waals surface area contributed by atoms with Gasteiger partial charge < -0.3 is 10.6 Å². The highest BCUT2D eigenvalue weighted by Crippen LogP contribution is 2.14. The molecule has 2 N–H and O–H groups in total. The monoisotopic (exact) mass is 353 g/mol. The number of nitrogens with zero attached hydrogens (tertiary/aromatic N) is 3. The van der Waals surface area contributed by atoms with Gasteiger partial charge in [-0.2, -0.15) is 0 Å². The van der Waals surface area contributed by atoms with Crippen LogP contribution in [-0.4, -0.2) is 19.5 Å². The number of pyridine rings is 1. The van der Waals surface area contributed by atoms with E-state index in [-0.39, 0.29) is 5.56 Å². The van der Waals surface area contributed by atoms with Crippen molar-refractivity contribution in [3.05, 3.63) is 70.3 Å². The molecule has 2 aromatic heterocycles. The van der Waals surface area contributed by atoms with Gasteiger partial charge in [0.15, 0.2) is 5.11 Å². The number of hydrogen-bond donors (Lipinski definition) is 2. The molecule has 0 atom stereocenters. The van der Waals surface area contributed by atoms with Crippen LogP contribution in [-0.2, 0) is 7.05 Å². The summed E-state index contributed by atoms with van der Waals surface area (Å²) in [5, 5.41) is 6.33. The topological polar surface area (TPSA) is 63.9 Å². The van der Waals surface area contributed by atoms with Crippen LogP contribution in [0.3, 0.4) is 0 Å². The quantitative estimate of drug-likeness (QED) is 0.709. The second-order valence-corrected chi connectivity index (χ2v) is 6.09. The molecule has 7 heteroatoms. The zero-order valence-corrected chi connectivity index (χ0v) is 15.1. The first-order valence-electron chi connectivity index (χ1n) is 7.83. The van der Waals surface area contributed by atoms with Gasteiger partial charge in [0, 0.05) is 12.7 Å². The molecule has 0 radical (unpaired) electrons. The first-order valence-corrected chi connectivity index (χ1v) is 8.24. The van der Waals surface area contributed by atoms with Crippen LogP contribution in [0.2, 0.25) is 0 Å². The molecule has 0 amide bonds. The van der Waals surface area contributed by atoms with Crippen molar-refractivity contribution < 1.29 is 0 Å². The van der Waals surface area contributed by atoms with Gasteiger partial charge in [-0.1, -0.05) is 24.3 Å². The molecule has 1 aromatic carbocycles. The minimum atomic E-state index is -0.160. The van der Waals surface area contributed by atoms with Crippen molar-refractivity contribution in [2.45, 2.75) is 13.8 Å². The van der Waals surface area contributed by atoms with Crippen molar-refractivity contribution in [1.29, 1.82) is 0 Å². The minimum absolute atomic E-state index is 0.160. The standard InChI is InChI=1S/C18H19N5OS/c1-12-8-7-11-15(19-12)20-18(25)21-16-13(2)22(3)23(17(16)24)14-9-5-4-6-10-14/h4-11H,1-3H3,(H2,19,20,21,25). The molecule has 25 heavy (non-hydrogen) atoms. The Bertz CT molecular complexity index is 975. The second kappa shape index (κ2) is 6.90. The van der Waals surface area contributed by atoms with Gasteiger partial charge in [0.25, 0.3) is 5.56 Å². The van der Waals surface area contributed by atoms with Gasteiger partial charge in [-0.15, -0.1) is 0 Å². The first-order chi connectivity index (χ1) is 12.0. The normalized spacial score (nSPS) is 10.5. The van der Waals surface area contributed by atoms with Crippen LogP contribution < -0.4 is 16.2 Å². The number of benzene rings is 1. The largest absolute Gasteiger partial charge is 0.326 e. The van der Waals surface area contributed by atoms with E-state index in [1.54, 1.807) is 9.36 Å². The Balaban J connectivity index is 1.88. The van der Waals surface area contributed by atoms with Crippen molar-refractivity contribution >= 4 is 28.8 Å². The molecule has 0 aliphatic carbocycles. The van der Waals surface area contributed by atoms with Gasteiger partial charge in [-0.3, -0.25) is 9.48 Å². The number of rotatable bonds is 3. The summed E-state index contributed by atoms with van der Waals surface area (Å²) in [6, 6.07) is 15.1. The molecule has 0 spiro atoms. The van der Waals surface area contributed by atoms with Gasteiger partial charge >= 0.3 is 0 Å². The van der Waals surface area contributed by atoms with Crippen molar-refractivity contribution in [2.24, 2.45) is 7.05 Å². The maximum Gasteiger partial charge on any atom is 0.295 e. The third kappa shape index (κ3) is 3.46. The Hall–Kier alpha value is -2.93. The van der Waals surface area contributed by atoms with E-state index in [9.17, 15) is 4.79 Å². The molecule has 0 fully saturated rings. The zero-order valence-electron chi connectivity index (χ0n) is 14.3. The van der Waals surface area contributed by atoms with Crippen molar-refractivity contribution in [3.8, 4) is 5.69 Å². The number of thiocarbonyl (C=S) groups is 1. The molecular weight excluding hydrogens is 334 g/mol. The number of hydrogen-bond acceptors (Lipinski definition) is 3. The Kier molecular flexibility index (Phi) is 4.67. The van der Waals surface area contributed by atoms with Gasteiger partial charge in [-0.05, 0) is 50.3 Å². The molecular formula is C18H19N5OS. The lowest BCUT2D eigenvalue weighted by molar-refractivity contribution is 0.630. The van der Waals surface area contributed by atoms with E-state index in [1.165, 1.54) is 0 Å². The lowest BCUT2D eigenvalue weighted by Crippen LogP contribution is -2.25. The predicted octanol–water partition coefficient (Wildman–Crippen LogP) is 3.00. The van der Waals surface area contributed by atoms with Gasteiger partial charge in [0.2, 0.25) is 0 Å². The van der Waals surface area contributed by atoms with Crippen LogP contribution in [0.5, 0.6) is 0 Å². The van der Waals surface area contributed by atoms with Crippen LogP contribution in [0.1, 0.15) is 11.4 Å². The summed E-state index contributed by atoms with van der Waals surface area (Å²) in [4.78, 5) is 17.2. The third-order valence-electron chi connectivity index (χ3n) is 3.92. The van der Waals surface area contributed by atoms with E-state index in [1.807, 2.05) is 69.4 Å². The lowest BCUT2D eigenvalue weighted by atomic mass is 10.3. The molecule has 128 valence electrons. The number of para-hydroxylation sites is 1. The lowest BCUT2D eigenvalue weighted by Gasteiger charge is -2.09. The Labute approximate surface area is 151 Å². The minimum Gasteiger partial charge on any atom is -0.326 e. The molecule has 0 saturated carbocycles. The van der Waals surface area contributed by atoms with Gasteiger partial charge in [0.05, 0.1) is 11.4 Å². The number of anilines is 2. The smallest absolute Gasteiger partial charge is 0.295 e. The zero-order chi connectivity index (χ0) is 18.0. The summed E-state index contributed by atoms with van der Waals surface area (Å²) >= 11 is 5.33. The van der Waals surface area contributed by atoms with Crippen LogP contribution in [0.25, 0.3) is 5.69 Å². The number of aromatic nitrogens is 3. The van der Waals surface area contributed by atoms with Gasteiger partial charge in [-0.25, -0.2) is 9.67 Å². The fourth-order valence-corrected chi connectivity index (χ4v) is 2.79. The van der Waals surface area contributed by atoms with E-state index >= 15 is 0 Å².